The molecule has 0 aliphatic carbocycles. The summed E-state index contributed by atoms with van der Waals surface area (Å²) in [5.74, 6) is 0.777. The van der Waals surface area contributed by atoms with E-state index in [-0.39, 0.29) is 5.63 Å². The van der Waals surface area contributed by atoms with Crippen LogP contribution in [0.5, 0.6) is 5.75 Å². The van der Waals surface area contributed by atoms with Crippen LogP contribution in [-0.2, 0) is 6.42 Å². The van der Waals surface area contributed by atoms with Crippen molar-refractivity contribution in [2.24, 2.45) is 0 Å². The fourth-order valence-corrected chi connectivity index (χ4v) is 2.84. The average molecular weight is 308 g/mol. The van der Waals surface area contributed by atoms with Crippen LogP contribution in [-0.4, -0.2) is 7.11 Å². The first-order chi connectivity index (χ1) is 11.2. The Morgan fingerprint density at radius 1 is 1.09 bits per heavy atom. The van der Waals surface area contributed by atoms with Crippen molar-refractivity contribution in [3.8, 4) is 16.9 Å². The molecule has 0 amide bonds. The largest absolute Gasteiger partial charge is 0.496 e. The SMILES string of the molecule is CCCCc1cc2c(-c3ccccc3)cc(=O)oc2cc1OC. The van der Waals surface area contributed by atoms with Crippen molar-refractivity contribution >= 4 is 11.0 Å². The zero-order chi connectivity index (χ0) is 16.2. The van der Waals surface area contributed by atoms with E-state index in [0.29, 0.717) is 5.58 Å². The van der Waals surface area contributed by atoms with Gasteiger partial charge >= 0.3 is 5.63 Å². The lowest BCUT2D eigenvalue weighted by Crippen LogP contribution is -2.00. The Bertz CT molecular complexity index is 863. The van der Waals surface area contributed by atoms with Crippen molar-refractivity contribution in [3.05, 3.63) is 64.5 Å². The summed E-state index contributed by atoms with van der Waals surface area (Å²) < 4.78 is 10.9. The van der Waals surface area contributed by atoms with Crippen LogP contribution in [0.4, 0.5) is 0 Å². The van der Waals surface area contributed by atoms with Crippen molar-refractivity contribution in [1.82, 2.24) is 0 Å². The summed E-state index contributed by atoms with van der Waals surface area (Å²) in [5, 5.41) is 0.947. The Kier molecular flexibility index (Phi) is 4.47. The Labute approximate surface area is 135 Å². The lowest BCUT2D eigenvalue weighted by Gasteiger charge is -2.12. The number of hydrogen-bond donors (Lipinski definition) is 0. The number of rotatable bonds is 5. The maximum absolute atomic E-state index is 11.9. The van der Waals surface area contributed by atoms with Crippen LogP contribution < -0.4 is 10.4 Å². The summed E-state index contributed by atoms with van der Waals surface area (Å²) in [6, 6.07) is 15.4. The molecule has 1 aromatic heterocycles. The number of methoxy groups -OCH3 is 1. The quantitative estimate of drug-likeness (QED) is 0.635. The minimum absolute atomic E-state index is 0.347. The Morgan fingerprint density at radius 2 is 1.87 bits per heavy atom. The van der Waals surface area contributed by atoms with Gasteiger partial charge in [-0.25, -0.2) is 4.79 Å². The fourth-order valence-electron chi connectivity index (χ4n) is 2.84. The van der Waals surface area contributed by atoms with Crippen LogP contribution in [0, 0.1) is 0 Å². The highest BCUT2D eigenvalue weighted by molar-refractivity contribution is 5.94. The minimum Gasteiger partial charge on any atom is -0.496 e. The second-order valence-electron chi connectivity index (χ2n) is 5.61. The van der Waals surface area contributed by atoms with E-state index in [4.69, 9.17) is 9.15 Å². The molecule has 3 nitrogen and oxygen atoms in total. The maximum Gasteiger partial charge on any atom is 0.336 e. The smallest absolute Gasteiger partial charge is 0.336 e. The normalized spacial score (nSPS) is 10.9. The lowest BCUT2D eigenvalue weighted by molar-refractivity contribution is 0.408. The fraction of sp³-hybridized carbons (Fsp3) is 0.250. The predicted molar refractivity (Wildman–Crippen MR) is 93.1 cm³/mol. The summed E-state index contributed by atoms with van der Waals surface area (Å²) in [7, 11) is 1.65. The predicted octanol–water partition coefficient (Wildman–Crippen LogP) is 4.81. The van der Waals surface area contributed by atoms with Gasteiger partial charge in [-0.05, 0) is 35.6 Å². The van der Waals surface area contributed by atoms with Crippen LogP contribution in [0.1, 0.15) is 25.3 Å². The molecular formula is C20H20O3. The summed E-state index contributed by atoms with van der Waals surface area (Å²) in [5.41, 5.74) is 3.27. The molecule has 0 aliphatic rings. The molecule has 0 N–H and O–H groups in total. The molecule has 0 radical (unpaired) electrons. The van der Waals surface area contributed by atoms with E-state index >= 15 is 0 Å². The molecule has 0 aliphatic heterocycles. The van der Waals surface area contributed by atoms with Gasteiger partial charge in [0.15, 0.2) is 0 Å². The molecule has 0 spiro atoms. The van der Waals surface area contributed by atoms with Gasteiger partial charge in [0, 0.05) is 17.5 Å². The van der Waals surface area contributed by atoms with E-state index < -0.39 is 0 Å². The molecule has 1 heterocycles. The molecule has 0 saturated heterocycles. The summed E-state index contributed by atoms with van der Waals surface area (Å²) in [4.78, 5) is 11.9. The molecule has 0 bridgehead atoms. The zero-order valence-electron chi connectivity index (χ0n) is 13.5. The van der Waals surface area contributed by atoms with E-state index in [1.165, 1.54) is 0 Å². The Hall–Kier alpha value is -2.55. The zero-order valence-corrected chi connectivity index (χ0v) is 13.5. The van der Waals surface area contributed by atoms with Crippen LogP contribution in [0.2, 0.25) is 0 Å². The van der Waals surface area contributed by atoms with E-state index in [2.05, 4.69) is 13.0 Å². The maximum atomic E-state index is 11.9. The lowest BCUT2D eigenvalue weighted by atomic mass is 9.98. The molecule has 23 heavy (non-hydrogen) atoms. The third kappa shape index (κ3) is 3.14. The second-order valence-corrected chi connectivity index (χ2v) is 5.61. The summed E-state index contributed by atoms with van der Waals surface area (Å²) in [6.07, 6.45) is 3.17. The first-order valence-electron chi connectivity index (χ1n) is 7.93. The average Bonchev–Trinajstić information content (AvgIpc) is 2.59. The highest BCUT2D eigenvalue weighted by Gasteiger charge is 2.12. The van der Waals surface area contributed by atoms with Gasteiger partial charge in [0.2, 0.25) is 0 Å². The second kappa shape index (κ2) is 6.69. The van der Waals surface area contributed by atoms with Crippen molar-refractivity contribution in [2.75, 3.05) is 7.11 Å². The number of ether oxygens (including phenoxy) is 1. The molecule has 3 rings (SSSR count). The van der Waals surface area contributed by atoms with E-state index in [1.54, 1.807) is 13.2 Å². The number of fused-ring (bicyclic) bond motifs is 1. The molecule has 0 atom stereocenters. The number of unbranched alkanes of at least 4 members (excludes halogenated alkanes) is 1. The summed E-state index contributed by atoms with van der Waals surface area (Å²) in [6.45, 7) is 2.17. The van der Waals surface area contributed by atoms with Crippen LogP contribution >= 0.6 is 0 Å². The molecule has 3 heteroatoms. The number of hydrogen-bond acceptors (Lipinski definition) is 3. The first-order valence-corrected chi connectivity index (χ1v) is 7.93. The molecule has 3 aromatic rings. The van der Waals surface area contributed by atoms with E-state index in [9.17, 15) is 4.79 Å². The molecule has 2 aromatic carbocycles. The van der Waals surface area contributed by atoms with Gasteiger partial charge in [0.25, 0.3) is 0 Å². The van der Waals surface area contributed by atoms with Crippen molar-refractivity contribution in [3.63, 3.8) is 0 Å². The van der Waals surface area contributed by atoms with Crippen molar-refractivity contribution in [1.29, 1.82) is 0 Å². The highest BCUT2D eigenvalue weighted by Crippen LogP contribution is 2.32. The van der Waals surface area contributed by atoms with Gasteiger partial charge in [-0.1, -0.05) is 43.7 Å². The van der Waals surface area contributed by atoms with E-state index in [1.807, 2.05) is 36.4 Å². The Balaban J connectivity index is 2.25. The van der Waals surface area contributed by atoms with Gasteiger partial charge in [-0.2, -0.15) is 0 Å². The number of benzene rings is 2. The topological polar surface area (TPSA) is 39.4 Å². The number of aryl methyl sites for hydroxylation is 1. The van der Waals surface area contributed by atoms with Gasteiger partial charge < -0.3 is 9.15 Å². The minimum atomic E-state index is -0.347. The first kappa shape index (κ1) is 15.3. The molecule has 0 fully saturated rings. The third-order valence-corrected chi connectivity index (χ3v) is 4.03. The summed E-state index contributed by atoms with van der Waals surface area (Å²) >= 11 is 0. The molecule has 0 unspecified atom stereocenters. The molecule has 0 saturated carbocycles. The Morgan fingerprint density at radius 3 is 2.57 bits per heavy atom. The molecule has 118 valence electrons. The third-order valence-electron chi connectivity index (χ3n) is 4.03. The highest BCUT2D eigenvalue weighted by atomic mass is 16.5. The standard InChI is InChI=1S/C20H20O3/c1-3-4-8-15-11-17-16(14-9-6-5-7-10-14)12-20(21)23-19(17)13-18(15)22-2/h5-7,9-13H,3-4,8H2,1-2H3. The van der Waals surface area contributed by atoms with E-state index in [0.717, 1.165) is 47.1 Å². The van der Waals surface area contributed by atoms with Gasteiger partial charge in [0.05, 0.1) is 7.11 Å². The molecular weight excluding hydrogens is 288 g/mol. The van der Waals surface area contributed by atoms with Crippen LogP contribution in [0.25, 0.3) is 22.1 Å². The van der Waals surface area contributed by atoms with Gasteiger partial charge in [-0.15, -0.1) is 0 Å². The van der Waals surface area contributed by atoms with Crippen molar-refractivity contribution in [2.45, 2.75) is 26.2 Å². The van der Waals surface area contributed by atoms with Gasteiger partial charge in [0.1, 0.15) is 11.3 Å². The monoisotopic (exact) mass is 308 g/mol. The van der Waals surface area contributed by atoms with Gasteiger partial charge in [-0.3, -0.25) is 0 Å². The van der Waals surface area contributed by atoms with Crippen LogP contribution in [0.3, 0.4) is 0 Å². The van der Waals surface area contributed by atoms with Crippen LogP contribution in [0.15, 0.2) is 57.7 Å². The van der Waals surface area contributed by atoms with Crippen molar-refractivity contribution < 1.29 is 9.15 Å².